The zero-order valence-corrected chi connectivity index (χ0v) is 28.9. The molecular formula is C32H44F22. The lowest BCUT2D eigenvalue weighted by Crippen LogP contribution is -2.81. The van der Waals surface area contributed by atoms with Gasteiger partial charge in [-0.2, -0.15) is 0 Å². The first-order chi connectivity index (χ1) is 25.6. The highest BCUT2D eigenvalue weighted by Gasteiger charge is 2.85. The fraction of sp³-hybridized carbons (Fsp3) is 1.00. The first kappa shape index (κ1) is 52.5. The SMILES string of the molecule is FCC(CF)(CF)C(CF)(CF)C(CF)(CF)C(CF)(CF)C(CF)(CF)C(CF)(CF)C(CF)(CF)C(CF)(CF)C(CF)(CF)C(CF)(CF)CF. The molecule has 0 atom stereocenters. The van der Waals surface area contributed by atoms with Crippen molar-refractivity contribution in [3.63, 3.8) is 0 Å². The van der Waals surface area contributed by atoms with Crippen molar-refractivity contribution in [2.24, 2.45) is 54.1 Å². The summed E-state index contributed by atoms with van der Waals surface area (Å²) in [6, 6.07) is 0. The van der Waals surface area contributed by atoms with Gasteiger partial charge in [0.05, 0.1) is 128 Å². The zero-order valence-electron chi connectivity index (χ0n) is 28.9. The van der Waals surface area contributed by atoms with Crippen molar-refractivity contribution in [1.29, 1.82) is 0 Å². The summed E-state index contributed by atoms with van der Waals surface area (Å²) in [5.41, 5.74) is -47.7. The van der Waals surface area contributed by atoms with Gasteiger partial charge in [0.25, 0.3) is 0 Å². The molecule has 0 N–H and O–H groups in total. The first-order valence-corrected chi connectivity index (χ1v) is 15.9. The van der Waals surface area contributed by atoms with Gasteiger partial charge in [-0.3, -0.25) is 96.6 Å². The maximum absolute atomic E-state index is 16.0. The van der Waals surface area contributed by atoms with E-state index < -0.39 is 201 Å². The summed E-state index contributed by atoms with van der Waals surface area (Å²) < 4.78 is 338. The molecule has 0 radical (unpaired) electrons. The van der Waals surface area contributed by atoms with Gasteiger partial charge < -0.3 is 0 Å². The van der Waals surface area contributed by atoms with Crippen LogP contribution >= 0.6 is 0 Å². The van der Waals surface area contributed by atoms with Gasteiger partial charge in [-0.05, 0) is 0 Å². The third-order valence-corrected chi connectivity index (χ3v) is 13.6. The van der Waals surface area contributed by atoms with E-state index in [4.69, 9.17) is 0 Å². The number of halogens is 22. The fourth-order valence-corrected chi connectivity index (χ4v) is 9.18. The third-order valence-electron chi connectivity index (χ3n) is 13.6. The Kier molecular flexibility index (Phi) is 19.7. The molecule has 0 nitrogen and oxygen atoms in total. The van der Waals surface area contributed by atoms with Crippen LogP contribution in [0, 0.1) is 54.1 Å². The summed E-state index contributed by atoms with van der Waals surface area (Å²) in [7, 11) is 0. The Morgan fingerprint density at radius 3 is 0.296 bits per heavy atom. The van der Waals surface area contributed by atoms with E-state index in [0.717, 1.165) is 0 Å². The second-order valence-electron chi connectivity index (χ2n) is 14.2. The summed E-state index contributed by atoms with van der Waals surface area (Å²) >= 11 is 0. The molecule has 0 aromatic carbocycles. The topological polar surface area (TPSA) is 0 Å². The van der Waals surface area contributed by atoms with Crippen molar-refractivity contribution >= 4 is 0 Å². The van der Waals surface area contributed by atoms with Gasteiger partial charge in [0.15, 0.2) is 0 Å². The number of alkyl halides is 22. The zero-order chi connectivity index (χ0) is 42.6. The summed E-state index contributed by atoms with van der Waals surface area (Å²) in [4.78, 5) is 0. The summed E-state index contributed by atoms with van der Waals surface area (Å²) in [6.07, 6.45) is 0. The molecule has 0 fully saturated rings. The van der Waals surface area contributed by atoms with Crippen LogP contribution in [-0.2, 0) is 0 Å². The highest BCUT2D eigenvalue weighted by Crippen LogP contribution is 2.76. The molecule has 0 amide bonds. The lowest BCUT2D eigenvalue weighted by Gasteiger charge is -2.71. The van der Waals surface area contributed by atoms with Crippen LogP contribution < -0.4 is 0 Å². The monoisotopic (exact) mass is 846 g/mol. The molecule has 0 bridgehead atoms. The summed E-state index contributed by atoms with van der Waals surface area (Å²) in [6.45, 7) is -68.3. The van der Waals surface area contributed by atoms with E-state index in [9.17, 15) is 26.3 Å². The molecule has 0 aliphatic carbocycles. The molecule has 54 heavy (non-hydrogen) atoms. The minimum atomic E-state index is -5.16. The van der Waals surface area contributed by atoms with Crippen LogP contribution in [0.4, 0.5) is 96.6 Å². The molecule has 0 aromatic heterocycles. The average Bonchev–Trinajstić information content (AvgIpc) is 3.23. The van der Waals surface area contributed by atoms with Gasteiger partial charge >= 0.3 is 0 Å². The van der Waals surface area contributed by atoms with E-state index in [1.165, 1.54) is 0 Å². The largest absolute Gasteiger partial charge is 0.250 e. The van der Waals surface area contributed by atoms with Crippen molar-refractivity contribution < 1.29 is 96.6 Å². The van der Waals surface area contributed by atoms with Crippen LogP contribution in [-0.4, -0.2) is 147 Å². The molecule has 0 saturated carbocycles. The highest BCUT2D eigenvalue weighted by molar-refractivity contribution is 5.28. The lowest BCUT2D eigenvalue weighted by molar-refractivity contribution is -0.335. The summed E-state index contributed by atoms with van der Waals surface area (Å²) in [5, 5.41) is 0. The van der Waals surface area contributed by atoms with E-state index >= 15 is 70.2 Å². The Morgan fingerprint density at radius 2 is 0.222 bits per heavy atom. The molecule has 0 rings (SSSR count). The van der Waals surface area contributed by atoms with Crippen molar-refractivity contribution in [3.8, 4) is 0 Å². The van der Waals surface area contributed by atoms with E-state index in [1.54, 1.807) is 0 Å². The molecule has 0 aliphatic heterocycles. The van der Waals surface area contributed by atoms with Crippen LogP contribution in [0.1, 0.15) is 0 Å². The molecule has 0 heterocycles. The molecule has 0 saturated heterocycles. The summed E-state index contributed by atoms with van der Waals surface area (Å²) in [5.74, 6) is 0. The van der Waals surface area contributed by atoms with Gasteiger partial charge in [0.2, 0.25) is 0 Å². The van der Waals surface area contributed by atoms with Gasteiger partial charge in [-0.15, -0.1) is 0 Å². The first-order valence-electron chi connectivity index (χ1n) is 15.9. The van der Waals surface area contributed by atoms with E-state index in [0.29, 0.717) is 0 Å². The van der Waals surface area contributed by atoms with Gasteiger partial charge in [-0.1, -0.05) is 0 Å². The Bertz CT molecular complexity index is 937. The predicted molar refractivity (Wildman–Crippen MR) is 156 cm³/mol. The Morgan fingerprint density at radius 1 is 0.130 bits per heavy atom. The molecule has 326 valence electrons. The van der Waals surface area contributed by atoms with Gasteiger partial charge in [0, 0.05) is 32.5 Å². The standard InChI is InChI=1S/C32H44F22/c33-1-23(2-34,3-35)25(7-39,8-40)27(11-43,12-44)29(15-47,16-48)31(19-51,20-52)32(21-53,22-54)30(17-49,18-50)28(13-45,14-46)26(9-41,10-42)24(4-36,5-37)6-38/h1-22H2. The van der Waals surface area contributed by atoms with Crippen LogP contribution in [0.3, 0.4) is 0 Å². The molecule has 0 unspecified atom stereocenters. The number of rotatable bonds is 31. The molecular weight excluding hydrogens is 802 g/mol. The number of hydrogen-bond acceptors (Lipinski definition) is 0. The van der Waals surface area contributed by atoms with Crippen LogP contribution in [0.2, 0.25) is 0 Å². The maximum Gasteiger partial charge on any atom is 0.101 e. The van der Waals surface area contributed by atoms with Crippen molar-refractivity contribution in [1.82, 2.24) is 0 Å². The minimum Gasteiger partial charge on any atom is -0.250 e. The normalized spacial score (nSPS) is 15.0. The Labute approximate surface area is 298 Å². The molecule has 0 aromatic rings. The second kappa shape index (κ2) is 20.2. The molecule has 0 spiro atoms. The lowest BCUT2D eigenvalue weighted by atomic mass is 9.31. The van der Waals surface area contributed by atoms with Gasteiger partial charge in [0.1, 0.15) is 40.0 Å². The fourth-order valence-electron chi connectivity index (χ4n) is 9.18. The average molecular weight is 847 g/mol. The van der Waals surface area contributed by atoms with Crippen molar-refractivity contribution in [3.05, 3.63) is 0 Å². The number of hydrogen-bond donors (Lipinski definition) is 0. The Hall–Kier alpha value is -1.54. The van der Waals surface area contributed by atoms with Crippen molar-refractivity contribution in [2.75, 3.05) is 147 Å². The minimum absolute atomic E-state index is 2.75. The van der Waals surface area contributed by atoms with Crippen LogP contribution in [0.25, 0.3) is 0 Å². The molecule has 0 aliphatic rings. The van der Waals surface area contributed by atoms with Gasteiger partial charge in [-0.25, -0.2) is 0 Å². The quantitative estimate of drug-likeness (QED) is 0.0610. The second-order valence-corrected chi connectivity index (χ2v) is 14.2. The van der Waals surface area contributed by atoms with Crippen LogP contribution in [0.15, 0.2) is 0 Å². The Balaban J connectivity index is 9.86. The molecule has 22 heteroatoms. The van der Waals surface area contributed by atoms with Crippen LogP contribution in [0.5, 0.6) is 0 Å². The van der Waals surface area contributed by atoms with E-state index in [1.807, 2.05) is 0 Å². The maximum atomic E-state index is 16.0. The predicted octanol–water partition coefficient (Wildman–Crippen LogP) is 10.2. The van der Waals surface area contributed by atoms with E-state index in [2.05, 4.69) is 0 Å². The van der Waals surface area contributed by atoms with E-state index in [-0.39, 0.29) is 0 Å². The van der Waals surface area contributed by atoms with Crippen molar-refractivity contribution in [2.45, 2.75) is 0 Å². The third kappa shape index (κ3) is 5.83. The smallest absolute Gasteiger partial charge is 0.101 e. The highest BCUT2D eigenvalue weighted by atomic mass is 19.2.